The summed E-state index contributed by atoms with van der Waals surface area (Å²) in [4.78, 5) is 18.0. The summed E-state index contributed by atoms with van der Waals surface area (Å²) in [6.07, 6.45) is 0.170. The second kappa shape index (κ2) is 7.27. The molecule has 0 unspecified atom stereocenters. The normalized spacial score (nSPS) is 19.3. The van der Waals surface area contributed by atoms with Gasteiger partial charge in [0.1, 0.15) is 0 Å². The van der Waals surface area contributed by atoms with Crippen LogP contribution < -0.4 is 4.90 Å². The van der Waals surface area contributed by atoms with Crippen molar-refractivity contribution in [2.45, 2.75) is 44.3 Å². The maximum atomic E-state index is 13.6. The van der Waals surface area contributed by atoms with Gasteiger partial charge >= 0.3 is 12.1 Å². The number of aromatic carboxylic acids is 1. The van der Waals surface area contributed by atoms with Crippen molar-refractivity contribution in [1.29, 1.82) is 0 Å². The smallest absolute Gasteiger partial charge is 0.417 e. The molecule has 28 heavy (non-hydrogen) atoms. The second-order valence-corrected chi connectivity index (χ2v) is 7.36. The van der Waals surface area contributed by atoms with Crippen LogP contribution in [0.1, 0.15) is 54.1 Å². The number of halogens is 3. The van der Waals surface area contributed by atoms with Crippen LogP contribution in [0.25, 0.3) is 11.0 Å². The Morgan fingerprint density at radius 1 is 1.14 bits per heavy atom. The molecule has 1 aliphatic heterocycles. The largest absolute Gasteiger partial charge is 0.478 e. The summed E-state index contributed by atoms with van der Waals surface area (Å²) in [7, 11) is 0. The van der Waals surface area contributed by atoms with E-state index in [1.54, 1.807) is 0 Å². The first-order valence-electron chi connectivity index (χ1n) is 9.55. The Hall–Kier alpha value is -2.29. The van der Waals surface area contributed by atoms with Crippen LogP contribution in [0.15, 0.2) is 12.1 Å². The van der Waals surface area contributed by atoms with E-state index < -0.39 is 23.3 Å². The van der Waals surface area contributed by atoms with Crippen LogP contribution in [0.2, 0.25) is 0 Å². The van der Waals surface area contributed by atoms with Crippen LogP contribution in [0, 0.1) is 0 Å². The number of hydrogen-bond acceptors (Lipinski definition) is 4. The van der Waals surface area contributed by atoms with Crippen molar-refractivity contribution in [2.75, 3.05) is 31.2 Å². The topological polar surface area (TPSA) is 67.6 Å². The molecule has 0 amide bonds. The molecule has 4 rings (SSSR count). The molecule has 1 aromatic carbocycles. The summed E-state index contributed by atoms with van der Waals surface area (Å²) < 4.78 is 47.9. The third-order valence-electron chi connectivity index (χ3n) is 5.58. The van der Waals surface area contributed by atoms with Crippen molar-refractivity contribution in [3.05, 3.63) is 23.3 Å². The number of hydrogen-bond donors (Lipinski definition) is 1. The van der Waals surface area contributed by atoms with E-state index in [1.165, 1.54) is 0 Å². The third-order valence-corrected chi connectivity index (χ3v) is 5.58. The molecule has 1 saturated carbocycles. The molecule has 2 aliphatic rings. The summed E-state index contributed by atoms with van der Waals surface area (Å²) in [6, 6.07) is 2.09. The molecule has 152 valence electrons. The van der Waals surface area contributed by atoms with E-state index in [1.807, 2.05) is 9.47 Å². The van der Waals surface area contributed by atoms with Gasteiger partial charge in [-0.1, -0.05) is 19.3 Å². The van der Waals surface area contributed by atoms with Gasteiger partial charge < -0.3 is 19.3 Å². The molecule has 0 bridgehead atoms. The Labute approximate surface area is 159 Å². The maximum absolute atomic E-state index is 13.6. The highest BCUT2D eigenvalue weighted by molar-refractivity contribution is 5.95. The molecule has 1 N–H and O–H groups in total. The number of carbonyl (C=O) groups is 1. The lowest BCUT2D eigenvalue weighted by molar-refractivity contribution is -0.138. The number of morpholine rings is 1. The number of alkyl halides is 3. The molecule has 2 fully saturated rings. The fourth-order valence-electron chi connectivity index (χ4n) is 4.23. The lowest BCUT2D eigenvalue weighted by Gasteiger charge is -2.32. The first-order chi connectivity index (χ1) is 13.4. The number of aromatic nitrogens is 2. The predicted octanol–water partition coefficient (Wildman–Crippen LogP) is 4.10. The molecule has 9 heteroatoms. The monoisotopic (exact) mass is 397 g/mol. The molecule has 2 aromatic rings. The molecule has 2 heterocycles. The quantitative estimate of drug-likeness (QED) is 0.845. The Morgan fingerprint density at radius 3 is 2.43 bits per heavy atom. The van der Waals surface area contributed by atoms with Crippen LogP contribution in [-0.4, -0.2) is 46.9 Å². The zero-order valence-corrected chi connectivity index (χ0v) is 15.3. The SMILES string of the molecule is O=C(O)c1cc2nc(N3CCOCC3)n(C3CCCCC3)c2cc1C(F)(F)F. The minimum atomic E-state index is -4.75. The van der Waals surface area contributed by atoms with Crippen molar-refractivity contribution in [2.24, 2.45) is 0 Å². The molecular formula is C19H22F3N3O3. The Kier molecular flexibility index (Phi) is 4.95. The van der Waals surface area contributed by atoms with E-state index in [-0.39, 0.29) is 11.6 Å². The molecule has 1 aliphatic carbocycles. The Balaban J connectivity index is 1.93. The number of nitrogens with zero attached hydrogens (tertiary/aromatic N) is 3. The van der Waals surface area contributed by atoms with E-state index >= 15 is 0 Å². The van der Waals surface area contributed by atoms with Gasteiger partial charge in [0, 0.05) is 19.1 Å². The average Bonchev–Trinajstić information content (AvgIpc) is 3.06. The summed E-state index contributed by atoms with van der Waals surface area (Å²) in [5.41, 5.74) is -1.25. The van der Waals surface area contributed by atoms with Crippen LogP contribution in [0.5, 0.6) is 0 Å². The molecular weight excluding hydrogens is 375 g/mol. The highest BCUT2D eigenvalue weighted by Gasteiger charge is 2.37. The first kappa shape index (κ1) is 19.0. The third kappa shape index (κ3) is 3.43. The number of carboxylic acids is 1. The van der Waals surface area contributed by atoms with Gasteiger partial charge in [-0.15, -0.1) is 0 Å². The Bertz CT molecular complexity index is 882. The zero-order valence-electron chi connectivity index (χ0n) is 15.3. The van der Waals surface area contributed by atoms with Crippen molar-refractivity contribution in [1.82, 2.24) is 9.55 Å². The van der Waals surface area contributed by atoms with E-state index in [4.69, 9.17) is 4.74 Å². The average molecular weight is 397 g/mol. The standard InChI is InChI=1S/C19H22F3N3O3/c20-19(21,22)14-11-16-15(10-13(14)17(26)27)23-18(24-6-8-28-9-7-24)25(16)12-4-2-1-3-5-12/h10-12H,1-9H2,(H,26,27). The van der Waals surface area contributed by atoms with Gasteiger partial charge in [0.2, 0.25) is 5.95 Å². The number of rotatable bonds is 3. The van der Waals surface area contributed by atoms with E-state index in [0.29, 0.717) is 37.8 Å². The predicted molar refractivity (Wildman–Crippen MR) is 96.8 cm³/mol. The van der Waals surface area contributed by atoms with Crippen molar-refractivity contribution in [3.63, 3.8) is 0 Å². The number of imidazole rings is 1. The number of fused-ring (bicyclic) bond motifs is 1. The summed E-state index contributed by atoms with van der Waals surface area (Å²) in [6.45, 7) is 2.27. The molecule has 6 nitrogen and oxygen atoms in total. The van der Waals surface area contributed by atoms with Crippen LogP contribution in [0.4, 0.5) is 19.1 Å². The lowest BCUT2D eigenvalue weighted by atomic mass is 9.95. The van der Waals surface area contributed by atoms with Crippen LogP contribution in [-0.2, 0) is 10.9 Å². The highest BCUT2D eigenvalue weighted by atomic mass is 19.4. The molecule has 0 atom stereocenters. The maximum Gasteiger partial charge on any atom is 0.417 e. The molecule has 1 aromatic heterocycles. The van der Waals surface area contributed by atoms with Crippen LogP contribution >= 0.6 is 0 Å². The number of carboxylic acid groups (broad SMARTS) is 1. The van der Waals surface area contributed by atoms with Gasteiger partial charge in [-0.05, 0) is 25.0 Å². The van der Waals surface area contributed by atoms with E-state index in [9.17, 15) is 23.1 Å². The second-order valence-electron chi connectivity index (χ2n) is 7.36. The van der Waals surface area contributed by atoms with Gasteiger partial charge in [-0.2, -0.15) is 13.2 Å². The first-order valence-corrected chi connectivity index (χ1v) is 9.55. The van der Waals surface area contributed by atoms with Crippen molar-refractivity contribution >= 4 is 23.0 Å². The summed E-state index contributed by atoms with van der Waals surface area (Å²) in [5.74, 6) is -0.991. The fourth-order valence-corrected chi connectivity index (χ4v) is 4.23. The summed E-state index contributed by atoms with van der Waals surface area (Å²) in [5, 5.41) is 9.30. The number of benzene rings is 1. The van der Waals surface area contributed by atoms with Gasteiger partial charge in [-0.3, -0.25) is 0 Å². The van der Waals surface area contributed by atoms with E-state index in [0.717, 1.165) is 44.2 Å². The van der Waals surface area contributed by atoms with Gasteiger partial charge in [-0.25, -0.2) is 9.78 Å². The lowest BCUT2D eigenvalue weighted by Crippen LogP contribution is -2.38. The molecule has 0 radical (unpaired) electrons. The van der Waals surface area contributed by atoms with Gasteiger partial charge in [0.05, 0.1) is 35.4 Å². The molecule has 0 spiro atoms. The van der Waals surface area contributed by atoms with Gasteiger partial charge in [0.25, 0.3) is 0 Å². The number of anilines is 1. The minimum Gasteiger partial charge on any atom is -0.478 e. The zero-order chi connectivity index (χ0) is 19.9. The molecule has 1 saturated heterocycles. The minimum absolute atomic E-state index is 0.0633. The van der Waals surface area contributed by atoms with Crippen molar-refractivity contribution in [3.8, 4) is 0 Å². The highest BCUT2D eigenvalue weighted by Crippen LogP contribution is 2.39. The Morgan fingerprint density at radius 2 is 1.82 bits per heavy atom. The fraction of sp³-hybridized carbons (Fsp3) is 0.579. The number of ether oxygens (including phenoxy) is 1. The summed E-state index contributed by atoms with van der Waals surface area (Å²) >= 11 is 0. The van der Waals surface area contributed by atoms with Crippen molar-refractivity contribution < 1.29 is 27.8 Å². The van der Waals surface area contributed by atoms with Gasteiger partial charge in [0.15, 0.2) is 0 Å². The van der Waals surface area contributed by atoms with Crippen LogP contribution in [0.3, 0.4) is 0 Å². The van der Waals surface area contributed by atoms with E-state index in [2.05, 4.69) is 4.98 Å².